The van der Waals surface area contributed by atoms with Gasteiger partial charge in [0.15, 0.2) is 11.5 Å². The Kier molecular flexibility index (Phi) is 8.11. The molecule has 0 radical (unpaired) electrons. The lowest BCUT2D eigenvalue weighted by Gasteiger charge is -2.50. The molecule has 6 unspecified atom stereocenters. The van der Waals surface area contributed by atoms with E-state index in [9.17, 15) is 29.4 Å². The summed E-state index contributed by atoms with van der Waals surface area (Å²) in [7, 11) is 1.41. The smallest absolute Gasteiger partial charge is 0.335 e. The molecule has 4 aliphatic rings. The predicted octanol–water partition coefficient (Wildman–Crippen LogP) is 6.88. The SMILES string of the molecule is COc1cc(C2C3=CCC4C(=O)N(c5cccc(C(=O)O)c5)C(=O)C4C3CC3C(=O)N(c4cccc(Cl)c4)C(=O)C32c2ccccc2)cc(Br)c1O. The molecule has 2 aliphatic carbocycles. The minimum absolute atomic E-state index is 0.0693. The fraction of sp³-hybridized carbons (Fsp3) is 0.225. The molecule has 8 rings (SSSR count). The Hall–Kier alpha value is -5.26. The Morgan fingerprint density at radius 3 is 2.27 bits per heavy atom. The highest BCUT2D eigenvalue weighted by atomic mass is 79.9. The number of carbonyl (C=O) groups is 5. The number of fused-ring (bicyclic) bond motifs is 4. The second kappa shape index (κ2) is 12.5. The summed E-state index contributed by atoms with van der Waals surface area (Å²) >= 11 is 9.85. The highest BCUT2D eigenvalue weighted by molar-refractivity contribution is 9.10. The lowest BCUT2D eigenvalue weighted by atomic mass is 9.49. The third kappa shape index (κ3) is 4.79. The summed E-state index contributed by atoms with van der Waals surface area (Å²) in [5.74, 6) is -7.21. The molecule has 0 aromatic heterocycles. The van der Waals surface area contributed by atoms with Gasteiger partial charge in [-0.25, -0.2) is 9.69 Å². The van der Waals surface area contributed by atoms with Crippen LogP contribution in [-0.4, -0.2) is 46.9 Å². The van der Waals surface area contributed by atoms with Gasteiger partial charge in [-0.1, -0.05) is 65.7 Å². The number of carbonyl (C=O) groups excluding carboxylic acids is 4. The first-order chi connectivity index (χ1) is 25.0. The number of amides is 4. The fourth-order valence-electron chi connectivity index (χ4n) is 9.07. The average Bonchev–Trinajstić information content (AvgIpc) is 3.53. The van der Waals surface area contributed by atoms with Crippen LogP contribution in [0.3, 0.4) is 0 Å². The van der Waals surface area contributed by atoms with Crippen molar-refractivity contribution in [2.45, 2.75) is 24.2 Å². The van der Waals surface area contributed by atoms with Crippen molar-refractivity contribution in [3.8, 4) is 11.5 Å². The van der Waals surface area contributed by atoms with Crippen molar-refractivity contribution < 1.29 is 38.9 Å². The van der Waals surface area contributed by atoms with Crippen LogP contribution in [0, 0.1) is 23.7 Å². The van der Waals surface area contributed by atoms with E-state index in [4.69, 9.17) is 16.3 Å². The maximum atomic E-state index is 15.4. The number of phenolic OH excluding ortho intramolecular Hbond substituents is 1. The molecule has 10 nitrogen and oxygen atoms in total. The summed E-state index contributed by atoms with van der Waals surface area (Å²) < 4.78 is 5.87. The number of phenols is 1. The Labute approximate surface area is 311 Å². The number of nitrogens with zero attached hydrogens (tertiary/aromatic N) is 2. The molecule has 2 aliphatic heterocycles. The van der Waals surface area contributed by atoms with Crippen molar-refractivity contribution in [2.75, 3.05) is 16.9 Å². The van der Waals surface area contributed by atoms with Gasteiger partial charge in [0.05, 0.1) is 51.7 Å². The molecule has 1 saturated carbocycles. The van der Waals surface area contributed by atoms with E-state index >= 15 is 4.79 Å². The van der Waals surface area contributed by atoms with Gasteiger partial charge in [0.1, 0.15) is 0 Å². The number of aromatic carboxylic acids is 1. The minimum atomic E-state index is -1.52. The zero-order chi connectivity index (χ0) is 36.6. The number of imide groups is 2. The van der Waals surface area contributed by atoms with Crippen molar-refractivity contribution in [1.82, 2.24) is 0 Å². The van der Waals surface area contributed by atoms with E-state index in [1.807, 2.05) is 36.4 Å². The van der Waals surface area contributed by atoms with Crippen LogP contribution >= 0.6 is 27.5 Å². The molecule has 4 aromatic carbocycles. The molecule has 4 amide bonds. The molecule has 52 heavy (non-hydrogen) atoms. The topological polar surface area (TPSA) is 142 Å². The molecular formula is C40H30BrClN2O8. The maximum absolute atomic E-state index is 15.4. The number of hydrogen-bond donors (Lipinski definition) is 2. The average molecular weight is 782 g/mol. The molecular weight excluding hydrogens is 752 g/mol. The molecule has 2 saturated heterocycles. The maximum Gasteiger partial charge on any atom is 0.335 e. The van der Waals surface area contributed by atoms with E-state index in [1.165, 1.54) is 36.3 Å². The predicted molar refractivity (Wildman–Crippen MR) is 194 cm³/mol. The van der Waals surface area contributed by atoms with Crippen molar-refractivity contribution in [3.63, 3.8) is 0 Å². The van der Waals surface area contributed by atoms with Crippen LogP contribution in [0.5, 0.6) is 11.5 Å². The van der Waals surface area contributed by atoms with E-state index < -0.39 is 64.6 Å². The second-order valence-electron chi connectivity index (χ2n) is 13.5. The molecule has 262 valence electrons. The minimum Gasteiger partial charge on any atom is -0.503 e. The first kappa shape index (κ1) is 33.9. The van der Waals surface area contributed by atoms with Gasteiger partial charge < -0.3 is 14.9 Å². The number of ether oxygens (including phenoxy) is 1. The van der Waals surface area contributed by atoms with E-state index in [0.717, 1.165) is 10.5 Å². The monoisotopic (exact) mass is 780 g/mol. The van der Waals surface area contributed by atoms with E-state index in [-0.39, 0.29) is 35.6 Å². The number of benzene rings is 4. The highest BCUT2D eigenvalue weighted by Gasteiger charge is 2.70. The molecule has 6 atom stereocenters. The number of anilines is 2. The molecule has 0 bridgehead atoms. The molecule has 12 heteroatoms. The highest BCUT2D eigenvalue weighted by Crippen LogP contribution is 2.65. The van der Waals surface area contributed by atoms with E-state index in [2.05, 4.69) is 15.9 Å². The van der Waals surface area contributed by atoms with Crippen molar-refractivity contribution in [1.29, 1.82) is 0 Å². The number of carboxylic acids is 1. The van der Waals surface area contributed by atoms with Crippen molar-refractivity contribution in [2.24, 2.45) is 23.7 Å². The van der Waals surface area contributed by atoms with E-state index in [1.54, 1.807) is 36.4 Å². The van der Waals surface area contributed by atoms with Crippen LogP contribution in [0.2, 0.25) is 5.02 Å². The fourth-order valence-corrected chi connectivity index (χ4v) is 9.71. The lowest BCUT2D eigenvalue weighted by Crippen LogP contribution is -2.53. The normalized spacial score (nSPS) is 26.5. The quantitative estimate of drug-likeness (QED) is 0.159. The summed E-state index contributed by atoms with van der Waals surface area (Å²) in [6.45, 7) is 0. The van der Waals surface area contributed by atoms with Crippen LogP contribution in [0.25, 0.3) is 0 Å². The third-order valence-corrected chi connectivity index (χ3v) is 12.0. The van der Waals surface area contributed by atoms with Crippen molar-refractivity contribution in [3.05, 3.63) is 129 Å². The summed E-state index contributed by atoms with van der Waals surface area (Å²) in [6, 6.07) is 24.7. The van der Waals surface area contributed by atoms with E-state index in [0.29, 0.717) is 26.3 Å². The molecule has 4 aromatic rings. The number of hydrogen-bond acceptors (Lipinski definition) is 7. The largest absolute Gasteiger partial charge is 0.503 e. The molecule has 2 heterocycles. The standard InChI is InChI=1S/C40H30BrClN2O8/c1-52-31-17-21(16-30(41)34(31)45)33-26-13-14-27-32(37(48)43(35(27)46)24-11-5-7-20(15-24)38(49)50)28(26)19-29-36(47)44(25-12-6-10-23(42)18-25)39(51)40(29,33)22-8-3-2-4-9-22/h2-13,15-18,27-29,32-33,45H,14,19H2,1H3,(H,49,50). The summed E-state index contributed by atoms with van der Waals surface area (Å²) in [6.07, 6.45) is 2.18. The number of rotatable bonds is 6. The number of methoxy groups -OCH3 is 1. The van der Waals surface area contributed by atoms with Gasteiger partial charge in [-0.05, 0) is 94.3 Å². The van der Waals surface area contributed by atoms with Crippen LogP contribution in [0.1, 0.15) is 40.2 Å². The Morgan fingerprint density at radius 1 is 0.865 bits per heavy atom. The van der Waals surface area contributed by atoms with Gasteiger partial charge in [-0.3, -0.25) is 24.1 Å². The molecule has 2 N–H and O–H groups in total. The Bertz CT molecular complexity index is 2260. The summed E-state index contributed by atoms with van der Waals surface area (Å²) in [5, 5.41) is 20.8. The Balaban J connectivity index is 1.36. The van der Waals surface area contributed by atoms with Crippen molar-refractivity contribution >= 4 is 68.5 Å². The van der Waals surface area contributed by atoms with Crippen LogP contribution in [0.4, 0.5) is 11.4 Å². The lowest BCUT2D eigenvalue weighted by molar-refractivity contribution is -0.127. The van der Waals surface area contributed by atoms with Gasteiger partial charge in [-0.2, -0.15) is 0 Å². The number of allylic oxidation sites excluding steroid dienone is 2. The van der Waals surface area contributed by atoms with Gasteiger partial charge in [-0.15, -0.1) is 0 Å². The first-order valence-electron chi connectivity index (χ1n) is 16.7. The van der Waals surface area contributed by atoms with Gasteiger partial charge in [0.25, 0.3) is 0 Å². The summed E-state index contributed by atoms with van der Waals surface area (Å²) in [5.41, 5.74) is 0.751. The Morgan fingerprint density at radius 2 is 1.58 bits per heavy atom. The molecule has 3 fully saturated rings. The third-order valence-electron chi connectivity index (χ3n) is 11.1. The van der Waals surface area contributed by atoms with Gasteiger partial charge in [0.2, 0.25) is 23.6 Å². The summed E-state index contributed by atoms with van der Waals surface area (Å²) in [4.78, 5) is 72.9. The first-order valence-corrected chi connectivity index (χ1v) is 17.8. The van der Waals surface area contributed by atoms with Crippen LogP contribution in [-0.2, 0) is 24.6 Å². The number of carboxylic acid groups (broad SMARTS) is 1. The van der Waals surface area contributed by atoms with Crippen LogP contribution in [0.15, 0.2) is 107 Å². The van der Waals surface area contributed by atoms with Crippen LogP contribution < -0.4 is 14.5 Å². The number of aromatic hydroxyl groups is 1. The number of halogens is 2. The van der Waals surface area contributed by atoms with Gasteiger partial charge in [0, 0.05) is 10.9 Å². The second-order valence-corrected chi connectivity index (χ2v) is 14.8. The molecule has 0 spiro atoms. The zero-order valence-corrected chi connectivity index (χ0v) is 29.9. The zero-order valence-electron chi connectivity index (χ0n) is 27.5. The van der Waals surface area contributed by atoms with Gasteiger partial charge >= 0.3 is 5.97 Å².